The van der Waals surface area contributed by atoms with Gasteiger partial charge in [0.1, 0.15) is 5.75 Å². The monoisotopic (exact) mass is 366 g/mol. The van der Waals surface area contributed by atoms with Crippen molar-refractivity contribution in [1.29, 1.82) is 0 Å². The first-order valence-electron chi connectivity index (χ1n) is 9.89. The Hall–Kier alpha value is -2.33. The molecule has 1 heterocycles. The van der Waals surface area contributed by atoms with E-state index in [1.807, 2.05) is 50.2 Å². The van der Waals surface area contributed by atoms with Crippen LogP contribution in [0.15, 0.2) is 48.5 Å². The van der Waals surface area contributed by atoms with Crippen LogP contribution < -0.4 is 10.1 Å². The first-order valence-corrected chi connectivity index (χ1v) is 9.89. The molecule has 2 aromatic rings. The second-order valence-corrected chi connectivity index (χ2v) is 7.80. The minimum Gasteiger partial charge on any atom is -0.491 e. The highest BCUT2D eigenvalue weighted by atomic mass is 16.5. The fraction of sp³-hybridized carbons (Fsp3) is 0.435. The number of carbonyl (C=O) groups is 1. The number of ether oxygens (including phenoxy) is 1. The normalized spacial score (nSPS) is 15.7. The summed E-state index contributed by atoms with van der Waals surface area (Å²) in [5.41, 5.74) is 2.67. The third kappa shape index (κ3) is 5.83. The van der Waals surface area contributed by atoms with Gasteiger partial charge < -0.3 is 10.1 Å². The number of rotatable bonds is 6. The molecule has 1 aliphatic rings. The van der Waals surface area contributed by atoms with Crippen molar-refractivity contribution in [2.75, 3.05) is 18.4 Å². The van der Waals surface area contributed by atoms with Crippen LogP contribution in [0.3, 0.4) is 0 Å². The quantitative estimate of drug-likeness (QED) is 0.786. The highest BCUT2D eigenvalue weighted by molar-refractivity contribution is 6.04. The maximum absolute atomic E-state index is 12.5. The van der Waals surface area contributed by atoms with Crippen LogP contribution in [-0.2, 0) is 6.54 Å². The van der Waals surface area contributed by atoms with Crippen LogP contribution in [0, 0.1) is 5.92 Å². The summed E-state index contributed by atoms with van der Waals surface area (Å²) in [7, 11) is 0. The summed E-state index contributed by atoms with van der Waals surface area (Å²) in [6.07, 6.45) is 2.66. The van der Waals surface area contributed by atoms with Gasteiger partial charge in [-0.1, -0.05) is 25.1 Å². The number of likely N-dealkylation sites (tertiary alicyclic amines) is 1. The van der Waals surface area contributed by atoms with Gasteiger partial charge >= 0.3 is 0 Å². The smallest absolute Gasteiger partial charge is 0.255 e. The van der Waals surface area contributed by atoms with Crippen molar-refractivity contribution in [3.63, 3.8) is 0 Å². The van der Waals surface area contributed by atoms with Crippen molar-refractivity contribution in [2.45, 2.75) is 46.3 Å². The van der Waals surface area contributed by atoms with Crippen molar-refractivity contribution in [3.05, 3.63) is 59.7 Å². The molecule has 0 atom stereocenters. The van der Waals surface area contributed by atoms with Crippen LogP contribution in [0.4, 0.5) is 5.69 Å². The average molecular weight is 367 g/mol. The Bertz CT molecular complexity index is 747. The number of benzene rings is 2. The zero-order valence-electron chi connectivity index (χ0n) is 16.6. The Balaban J connectivity index is 1.57. The third-order valence-corrected chi connectivity index (χ3v) is 4.96. The maximum Gasteiger partial charge on any atom is 0.255 e. The lowest BCUT2D eigenvalue weighted by molar-refractivity contribution is 0.102. The Morgan fingerprint density at radius 1 is 1.15 bits per heavy atom. The van der Waals surface area contributed by atoms with Gasteiger partial charge in [-0.05, 0) is 75.5 Å². The van der Waals surface area contributed by atoms with E-state index < -0.39 is 0 Å². The van der Waals surface area contributed by atoms with Crippen molar-refractivity contribution in [2.24, 2.45) is 5.92 Å². The van der Waals surface area contributed by atoms with Crippen LogP contribution in [0.5, 0.6) is 5.75 Å². The number of hydrogen-bond donors (Lipinski definition) is 1. The molecule has 0 radical (unpaired) electrons. The number of amides is 1. The summed E-state index contributed by atoms with van der Waals surface area (Å²) in [6, 6.07) is 15.4. The minimum absolute atomic E-state index is 0.102. The molecule has 2 aromatic carbocycles. The van der Waals surface area contributed by atoms with Gasteiger partial charge in [0, 0.05) is 23.9 Å². The SMILES string of the molecule is CC1CCN(Cc2ccc(C(=O)Nc3cccc(OC(C)C)c3)cc2)CC1. The molecule has 1 saturated heterocycles. The molecule has 4 nitrogen and oxygen atoms in total. The van der Waals surface area contributed by atoms with E-state index in [0.29, 0.717) is 5.56 Å². The van der Waals surface area contributed by atoms with Crippen LogP contribution in [-0.4, -0.2) is 30.0 Å². The van der Waals surface area contributed by atoms with Gasteiger partial charge in [0.15, 0.2) is 0 Å². The molecular formula is C23H30N2O2. The van der Waals surface area contributed by atoms with Gasteiger partial charge in [0.05, 0.1) is 6.10 Å². The minimum atomic E-state index is -0.102. The van der Waals surface area contributed by atoms with E-state index in [2.05, 4.69) is 29.3 Å². The largest absolute Gasteiger partial charge is 0.491 e. The molecule has 144 valence electrons. The van der Waals surface area contributed by atoms with Crippen LogP contribution in [0.25, 0.3) is 0 Å². The summed E-state index contributed by atoms with van der Waals surface area (Å²) in [5.74, 6) is 1.50. The summed E-state index contributed by atoms with van der Waals surface area (Å²) in [6.45, 7) is 9.59. The number of nitrogens with one attached hydrogen (secondary N) is 1. The first-order chi connectivity index (χ1) is 13.0. The van der Waals surface area contributed by atoms with Gasteiger partial charge in [0.2, 0.25) is 0 Å². The predicted octanol–water partition coefficient (Wildman–Crippen LogP) is 4.96. The van der Waals surface area contributed by atoms with Gasteiger partial charge in [-0.15, -0.1) is 0 Å². The fourth-order valence-corrected chi connectivity index (χ4v) is 3.36. The number of piperidine rings is 1. The number of carbonyl (C=O) groups excluding carboxylic acids is 1. The number of anilines is 1. The lowest BCUT2D eigenvalue weighted by atomic mass is 9.99. The van der Waals surface area contributed by atoms with E-state index in [4.69, 9.17) is 4.74 Å². The summed E-state index contributed by atoms with van der Waals surface area (Å²) in [4.78, 5) is 15.0. The maximum atomic E-state index is 12.5. The lowest BCUT2D eigenvalue weighted by Gasteiger charge is -2.30. The van der Waals surface area contributed by atoms with Crippen LogP contribution in [0.2, 0.25) is 0 Å². The zero-order valence-corrected chi connectivity index (χ0v) is 16.6. The van der Waals surface area contributed by atoms with Crippen LogP contribution >= 0.6 is 0 Å². The second-order valence-electron chi connectivity index (χ2n) is 7.80. The summed E-state index contributed by atoms with van der Waals surface area (Å²) < 4.78 is 5.68. The highest BCUT2D eigenvalue weighted by Crippen LogP contribution is 2.20. The van der Waals surface area contributed by atoms with Crippen molar-refractivity contribution >= 4 is 11.6 Å². The average Bonchev–Trinajstić information content (AvgIpc) is 2.64. The molecule has 0 spiro atoms. The standard InChI is InChI=1S/C23H30N2O2/c1-17(2)27-22-6-4-5-21(15-22)24-23(26)20-9-7-19(8-10-20)16-25-13-11-18(3)12-14-25/h4-10,15,17-18H,11-14,16H2,1-3H3,(H,24,26). The molecule has 1 amide bonds. The summed E-state index contributed by atoms with van der Waals surface area (Å²) in [5, 5.41) is 2.95. The van der Waals surface area contributed by atoms with Crippen molar-refractivity contribution in [3.8, 4) is 5.75 Å². The Labute approximate surface area is 162 Å². The van der Waals surface area contributed by atoms with E-state index in [1.165, 1.54) is 18.4 Å². The molecule has 0 bridgehead atoms. The van der Waals surface area contributed by atoms with E-state index in [1.54, 1.807) is 0 Å². The van der Waals surface area contributed by atoms with Crippen molar-refractivity contribution < 1.29 is 9.53 Å². The molecule has 3 rings (SSSR count). The Morgan fingerprint density at radius 3 is 2.52 bits per heavy atom. The van der Waals surface area contributed by atoms with E-state index in [0.717, 1.165) is 37.0 Å². The van der Waals surface area contributed by atoms with E-state index in [-0.39, 0.29) is 12.0 Å². The van der Waals surface area contributed by atoms with Gasteiger partial charge in [0.25, 0.3) is 5.91 Å². The molecule has 0 aliphatic carbocycles. The van der Waals surface area contributed by atoms with Gasteiger partial charge in [-0.25, -0.2) is 0 Å². The zero-order chi connectivity index (χ0) is 19.2. The molecular weight excluding hydrogens is 336 g/mol. The molecule has 0 aromatic heterocycles. The van der Waals surface area contributed by atoms with Crippen molar-refractivity contribution in [1.82, 2.24) is 4.90 Å². The van der Waals surface area contributed by atoms with Gasteiger partial charge in [-0.3, -0.25) is 9.69 Å². The Morgan fingerprint density at radius 2 is 1.85 bits per heavy atom. The first kappa shape index (κ1) is 19.4. The molecule has 0 unspecified atom stereocenters. The molecule has 1 N–H and O–H groups in total. The summed E-state index contributed by atoms with van der Waals surface area (Å²) >= 11 is 0. The molecule has 0 saturated carbocycles. The Kier molecular flexibility index (Phi) is 6.51. The molecule has 1 fully saturated rings. The third-order valence-electron chi connectivity index (χ3n) is 4.96. The van der Waals surface area contributed by atoms with E-state index >= 15 is 0 Å². The molecule has 1 aliphatic heterocycles. The molecule has 27 heavy (non-hydrogen) atoms. The fourth-order valence-electron chi connectivity index (χ4n) is 3.36. The topological polar surface area (TPSA) is 41.6 Å². The van der Waals surface area contributed by atoms with Crippen LogP contribution in [0.1, 0.15) is 49.5 Å². The number of hydrogen-bond acceptors (Lipinski definition) is 3. The lowest BCUT2D eigenvalue weighted by Crippen LogP contribution is -2.32. The second kappa shape index (κ2) is 9.05. The van der Waals surface area contributed by atoms with E-state index in [9.17, 15) is 4.79 Å². The van der Waals surface area contributed by atoms with Gasteiger partial charge in [-0.2, -0.15) is 0 Å². The molecule has 4 heteroatoms. The highest BCUT2D eigenvalue weighted by Gasteiger charge is 2.16. The predicted molar refractivity (Wildman–Crippen MR) is 110 cm³/mol. The number of nitrogens with zero attached hydrogens (tertiary/aromatic N) is 1.